The molecule has 2 nitrogen and oxygen atoms in total. The molecule has 4 heteroatoms. The molecule has 0 saturated carbocycles. The predicted molar refractivity (Wildman–Crippen MR) is 144 cm³/mol. The number of fused-ring (bicyclic) bond motifs is 3. The highest BCUT2D eigenvalue weighted by molar-refractivity contribution is 14.1. The number of benzene rings is 4. The highest BCUT2D eigenvalue weighted by atomic mass is 127. The van der Waals surface area contributed by atoms with Gasteiger partial charge in [-0.05, 0) is 29.3 Å². The molecule has 2 heterocycles. The van der Waals surface area contributed by atoms with Gasteiger partial charge in [0.25, 0.3) is 0 Å². The van der Waals surface area contributed by atoms with Crippen LogP contribution in [0, 0.1) is 3.83 Å². The first-order valence-electron chi connectivity index (χ1n) is 10.4. The summed E-state index contributed by atoms with van der Waals surface area (Å²) in [6.07, 6.45) is 0. The van der Waals surface area contributed by atoms with Gasteiger partial charge in [0.2, 0.25) is 0 Å². The summed E-state index contributed by atoms with van der Waals surface area (Å²) in [6.45, 7) is 0. The van der Waals surface area contributed by atoms with Crippen molar-refractivity contribution in [1.29, 1.82) is 0 Å². The molecule has 0 aliphatic heterocycles. The van der Waals surface area contributed by atoms with Crippen molar-refractivity contribution in [1.82, 2.24) is 9.97 Å². The van der Waals surface area contributed by atoms with Gasteiger partial charge in [-0.25, -0.2) is 9.97 Å². The molecule has 0 unspecified atom stereocenters. The third-order valence-electron chi connectivity index (χ3n) is 5.64. The minimum Gasteiger partial charge on any atom is -0.223 e. The van der Waals surface area contributed by atoms with Crippen molar-refractivity contribution in [2.75, 3.05) is 0 Å². The predicted octanol–water partition coefficient (Wildman–Crippen LogP) is 8.45. The van der Waals surface area contributed by atoms with Crippen molar-refractivity contribution < 1.29 is 0 Å². The lowest BCUT2D eigenvalue weighted by atomic mass is 10.0. The van der Waals surface area contributed by atoms with Gasteiger partial charge in [0.1, 0.15) is 0 Å². The summed E-state index contributed by atoms with van der Waals surface area (Å²) >= 11 is 4.05. The van der Waals surface area contributed by atoms with E-state index in [0.29, 0.717) is 0 Å². The van der Waals surface area contributed by atoms with Gasteiger partial charge < -0.3 is 0 Å². The molecule has 0 fully saturated rings. The van der Waals surface area contributed by atoms with E-state index in [-0.39, 0.29) is 0 Å². The number of thiophene rings is 1. The van der Waals surface area contributed by atoms with Gasteiger partial charge in [0.15, 0.2) is 3.83 Å². The lowest BCUT2D eigenvalue weighted by molar-refractivity contribution is 1.12. The second kappa shape index (κ2) is 8.11. The monoisotopic (exact) mass is 540 g/mol. The maximum Gasteiger partial charge on any atom is 0.191 e. The Hall–Kier alpha value is -3.09. The second-order valence-corrected chi connectivity index (χ2v) is 9.65. The Balaban J connectivity index is 1.51. The molecule has 4 aromatic carbocycles. The van der Waals surface area contributed by atoms with Crippen molar-refractivity contribution in [2.45, 2.75) is 0 Å². The van der Waals surface area contributed by atoms with E-state index in [1.807, 2.05) is 17.4 Å². The SMILES string of the molecule is Ic1nc(-c2cccc(-c3ccccc3)c2)cc(-c2cccc3c2sc2ccccc23)n1. The van der Waals surface area contributed by atoms with Crippen molar-refractivity contribution in [3.05, 3.63) is 107 Å². The quantitative estimate of drug-likeness (QED) is 0.166. The van der Waals surface area contributed by atoms with Crippen LogP contribution in [0.15, 0.2) is 103 Å². The Morgan fingerprint density at radius 3 is 2.16 bits per heavy atom. The van der Waals surface area contributed by atoms with Crippen LogP contribution in [0.2, 0.25) is 0 Å². The Morgan fingerprint density at radius 2 is 1.25 bits per heavy atom. The molecule has 0 atom stereocenters. The van der Waals surface area contributed by atoms with Gasteiger partial charge in [0.05, 0.1) is 11.4 Å². The number of hydrogen-bond donors (Lipinski definition) is 0. The van der Waals surface area contributed by atoms with Gasteiger partial charge in [-0.2, -0.15) is 0 Å². The fourth-order valence-corrected chi connectivity index (χ4v) is 5.89. The largest absolute Gasteiger partial charge is 0.223 e. The Morgan fingerprint density at radius 1 is 0.562 bits per heavy atom. The topological polar surface area (TPSA) is 25.8 Å². The van der Waals surface area contributed by atoms with E-state index >= 15 is 0 Å². The number of aromatic nitrogens is 2. The first-order chi connectivity index (χ1) is 15.8. The van der Waals surface area contributed by atoms with Gasteiger partial charge >= 0.3 is 0 Å². The zero-order valence-corrected chi connectivity index (χ0v) is 20.0. The normalized spacial score (nSPS) is 11.3. The van der Waals surface area contributed by atoms with Crippen LogP contribution in [0.25, 0.3) is 53.8 Å². The first-order valence-corrected chi connectivity index (χ1v) is 12.3. The maximum atomic E-state index is 4.81. The summed E-state index contributed by atoms with van der Waals surface area (Å²) in [4.78, 5) is 9.58. The standard InChI is InChI=1S/C28H17IN2S/c29-28-30-24(20-11-6-10-19(16-20)18-8-2-1-3-9-18)17-25(31-28)23-14-7-13-22-21-12-4-5-15-26(21)32-27(22)23/h1-17H. The minimum atomic E-state index is 0.748. The Bertz CT molecular complexity index is 1590. The Labute approximate surface area is 203 Å². The number of hydrogen-bond acceptors (Lipinski definition) is 3. The third-order valence-corrected chi connectivity index (χ3v) is 7.35. The van der Waals surface area contributed by atoms with Crippen LogP contribution in [-0.2, 0) is 0 Å². The lowest BCUT2D eigenvalue weighted by Gasteiger charge is -2.09. The van der Waals surface area contributed by atoms with Gasteiger partial charge in [0, 0.05) is 53.9 Å². The van der Waals surface area contributed by atoms with Crippen molar-refractivity contribution in [2.24, 2.45) is 0 Å². The molecule has 0 N–H and O–H groups in total. The van der Waals surface area contributed by atoms with E-state index in [1.165, 1.54) is 31.3 Å². The van der Waals surface area contributed by atoms with E-state index < -0.39 is 0 Å². The summed E-state index contributed by atoms with van der Waals surface area (Å²) in [5.74, 6) is 0. The van der Waals surface area contributed by atoms with Crippen LogP contribution in [0.5, 0.6) is 0 Å². The Kier molecular flexibility index (Phi) is 4.97. The molecular formula is C28H17IN2S. The summed E-state index contributed by atoms with van der Waals surface area (Å²) < 4.78 is 3.32. The average molecular weight is 540 g/mol. The molecule has 6 aromatic rings. The summed E-state index contributed by atoms with van der Waals surface area (Å²) in [6, 6.07) is 36.2. The lowest BCUT2D eigenvalue weighted by Crippen LogP contribution is -1.95. The molecule has 0 saturated heterocycles. The van der Waals surface area contributed by atoms with Crippen LogP contribution in [0.3, 0.4) is 0 Å². The van der Waals surface area contributed by atoms with Crippen LogP contribution >= 0.6 is 33.9 Å². The van der Waals surface area contributed by atoms with Gasteiger partial charge in [-0.15, -0.1) is 11.3 Å². The van der Waals surface area contributed by atoms with Crippen LogP contribution in [-0.4, -0.2) is 9.97 Å². The smallest absolute Gasteiger partial charge is 0.191 e. The average Bonchev–Trinajstić information content (AvgIpc) is 3.23. The van der Waals surface area contributed by atoms with Crippen molar-refractivity contribution >= 4 is 54.1 Å². The summed E-state index contributed by atoms with van der Waals surface area (Å²) in [5.41, 5.74) is 6.54. The van der Waals surface area contributed by atoms with Crippen LogP contribution in [0.4, 0.5) is 0 Å². The van der Waals surface area contributed by atoms with Crippen LogP contribution < -0.4 is 0 Å². The highest BCUT2D eigenvalue weighted by Crippen LogP contribution is 2.40. The van der Waals surface area contributed by atoms with E-state index in [4.69, 9.17) is 9.97 Å². The summed E-state index contributed by atoms with van der Waals surface area (Å²) in [5, 5.41) is 2.58. The fraction of sp³-hybridized carbons (Fsp3) is 0. The molecule has 0 radical (unpaired) electrons. The third kappa shape index (κ3) is 3.49. The molecule has 0 aliphatic rings. The van der Waals surface area contributed by atoms with E-state index in [9.17, 15) is 0 Å². The number of nitrogens with zero attached hydrogens (tertiary/aromatic N) is 2. The molecule has 0 aliphatic carbocycles. The molecule has 0 bridgehead atoms. The number of halogens is 1. The van der Waals surface area contributed by atoms with Crippen molar-refractivity contribution in [3.8, 4) is 33.6 Å². The molecule has 6 rings (SSSR count). The molecule has 0 spiro atoms. The van der Waals surface area contributed by atoms with Gasteiger partial charge in [-0.1, -0.05) is 84.9 Å². The molecule has 2 aromatic heterocycles. The molecule has 32 heavy (non-hydrogen) atoms. The fourth-order valence-electron chi connectivity index (χ4n) is 4.14. The molecule has 152 valence electrons. The van der Waals surface area contributed by atoms with Crippen molar-refractivity contribution in [3.63, 3.8) is 0 Å². The summed E-state index contributed by atoms with van der Waals surface area (Å²) in [7, 11) is 0. The zero-order chi connectivity index (χ0) is 21.5. The minimum absolute atomic E-state index is 0.748. The number of rotatable bonds is 3. The van der Waals surface area contributed by atoms with E-state index in [0.717, 1.165) is 26.3 Å². The second-order valence-electron chi connectivity index (χ2n) is 7.63. The maximum absolute atomic E-state index is 4.81. The molecule has 0 amide bonds. The zero-order valence-electron chi connectivity index (χ0n) is 17.0. The van der Waals surface area contributed by atoms with Gasteiger partial charge in [-0.3, -0.25) is 0 Å². The van der Waals surface area contributed by atoms with E-state index in [2.05, 4.69) is 120 Å². The first kappa shape index (κ1) is 19.6. The highest BCUT2D eigenvalue weighted by Gasteiger charge is 2.13. The van der Waals surface area contributed by atoms with E-state index in [1.54, 1.807) is 0 Å². The molecular weight excluding hydrogens is 523 g/mol. The van der Waals surface area contributed by atoms with Crippen LogP contribution in [0.1, 0.15) is 0 Å².